The molecule has 0 aliphatic heterocycles. The molecule has 170 valence electrons. The van der Waals surface area contributed by atoms with Gasteiger partial charge in [-0.05, 0) is 40.4 Å². The van der Waals surface area contributed by atoms with E-state index in [0.717, 1.165) is 56.1 Å². The van der Waals surface area contributed by atoms with E-state index >= 15 is 0 Å². The summed E-state index contributed by atoms with van der Waals surface area (Å²) in [6.45, 7) is 0. The monoisotopic (exact) mass is 465 g/mol. The summed E-state index contributed by atoms with van der Waals surface area (Å²) in [6.07, 6.45) is 3.53. The van der Waals surface area contributed by atoms with E-state index in [0.29, 0.717) is 0 Å². The molecule has 36 heavy (non-hydrogen) atoms. The Kier molecular flexibility index (Phi) is 4.71. The first-order valence-electron chi connectivity index (χ1n) is 11.8. The standard InChI is InChI=1S/C31H21N4O/c1-3-10-22(11-4-1)25-14-9-15-26(23-12-5-2-6-13-23)30(25)35-31(33-29-16-7-8-19-34(29)35)24-17-18-28-27(20-24)32-21-36-28/h1-21H/q+1. The van der Waals surface area contributed by atoms with Crippen LogP contribution in [-0.4, -0.2) is 14.6 Å². The minimum absolute atomic E-state index is 0.753. The van der Waals surface area contributed by atoms with Gasteiger partial charge in [-0.25, -0.2) is 4.98 Å². The number of pyridine rings is 1. The molecule has 0 N–H and O–H groups in total. The molecule has 0 spiro atoms. The summed E-state index contributed by atoms with van der Waals surface area (Å²) < 4.78 is 9.81. The van der Waals surface area contributed by atoms with Crippen LogP contribution in [0.25, 0.3) is 56.1 Å². The van der Waals surface area contributed by atoms with Crippen molar-refractivity contribution in [2.24, 2.45) is 0 Å². The molecule has 3 aromatic heterocycles. The Labute approximate surface area is 207 Å². The lowest BCUT2D eigenvalue weighted by atomic mass is 9.95. The first-order valence-corrected chi connectivity index (χ1v) is 11.8. The quantitative estimate of drug-likeness (QED) is 0.270. The molecular weight excluding hydrogens is 444 g/mol. The maximum atomic E-state index is 5.49. The predicted molar refractivity (Wildman–Crippen MR) is 141 cm³/mol. The summed E-state index contributed by atoms with van der Waals surface area (Å²) >= 11 is 0. The van der Waals surface area contributed by atoms with Crippen LogP contribution < -0.4 is 4.52 Å². The Morgan fingerprint density at radius 3 is 2.06 bits per heavy atom. The van der Waals surface area contributed by atoms with Gasteiger partial charge in [0.2, 0.25) is 0 Å². The number of hydrogen-bond donors (Lipinski definition) is 0. The molecule has 0 atom stereocenters. The van der Waals surface area contributed by atoms with Crippen LogP contribution in [-0.2, 0) is 0 Å². The van der Waals surface area contributed by atoms with Gasteiger partial charge >= 0.3 is 5.65 Å². The van der Waals surface area contributed by atoms with Crippen LogP contribution in [0.15, 0.2) is 132 Å². The fraction of sp³-hybridized carbons (Fsp3) is 0. The Hall–Kier alpha value is -5.03. The Morgan fingerprint density at radius 2 is 1.33 bits per heavy atom. The number of hydrogen-bond acceptors (Lipinski definition) is 3. The lowest BCUT2D eigenvalue weighted by Crippen LogP contribution is -2.32. The van der Waals surface area contributed by atoms with Crippen LogP contribution in [0.1, 0.15) is 0 Å². The normalized spacial score (nSPS) is 11.3. The highest BCUT2D eigenvalue weighted by Crippen LogP contribution is 2.37. The molecule has 0 amide bonds. The van der Waals surface area contributed by atoms with Crippen molar-refractivity contribution in [2.75, 3.05) is 0 Å². The van der Waals surface area contributed by atoms with E-state index in [1.165, 1.54) is 6.39 Å². The molecule has 5 nitrogen and oxygen atoms in total. The van der Waals surface area contributed by atoms with Crippen LogP contribution in [0.3, 0.4) is 0 Å². The summed E-state index contributed by atoms with van der Waals surface area (Å²) in [4.78, 5) is 9.47. The largest absolute Gasteiger partial charge is 0.443 e. The number of rotatable bonds is 4. The van der Waals surface area contributed by atoms with Crippen molar-refractivity contribution in [1.82, 2.24) is 14.6 Å². The van der Waals surface area contributed by atoms with E-state index in [2.05, 4.69) is 87.1 Å². The van der Waals surface area contributed by atoms with Gasteiger partial charge in [0, 0.05) is 22.8 Å². The van der Waals surface area contributed by atoms with Gasteiger partial charge in [-0.1, -0.05) is 84.9 Å². The molecule has 0 fully saturated rings. The topological polar surface area (TPSA) is 48.0 Å². The maximum Gasteiger partial charge on any atom is 0.349 e. The summed E-state index contributed by atoms with van der Waals surface area (Å²) in [5, 5.41) is 0. The summed E-state index contributed by atoms with van der Waals surface area (Å²) in [7, 11) is 0. The van der Waals surface area contributed by atoms with E-state index in [1.54, 1.807) is 0 Å². The van der Waals surface area contributed by atoms with Crippen molar-refractivity contribution in [2.45, 2.75) is 0 Å². The molecule has 7 aromatic rings. The minimum atomic E-state index is 0.753. The number of nitrogens with zero attached hydrogens (tertiary/aromatic N) is 4. The lowest BCUT2D eigenvalue weighted by Gasteiger charge is -2.16. The number of benzene rings is 4. The van der Waals surface area contributed by atoms with Crippen molar-refractivity contribution >= 4 is 16.7 Å². The van der Waals surface area contributed by atoms with E-state index < -0.39 is 0 Å². The van der Waals surface area contributed by atoms with Crippen molar-refractivity contribution in [3.05, 3.63) is 128 Å². The van der Waals surface area contributed by atoms with E-state index in [-0.39, 0.29) is 0 Å². The van der Waals surface area contributed by atoms with Gasteiger partial charge < -0.3 is 4.42 Å². The molecule has 3 heterocycles. The van der Waals surface area contributed by atoms with E-state index in [4.69, 9.17) is 9.40 Å². The predicted octanol–water partition coefficient (Wildman–Crippen LogP) is 6.75. The van der Waals surface area contributed by atoms with Crippen LogP contribution >= 0.6 is 0 Å². The van der Waals surface area contributed by atoms with Crippen molar-refractivity contribution in [3.63, 3.8) is 0 Å². The minimum Gasteiger partial charge on any atom is -0.443 e. The Morgan fingerprint density at radius 1 is 0.639 bits per heavy atom. The SMILES string of the molecule is c1ccc(-c2cccc(-c3ccccc3)c2-n2c(-c3ccc4ocnc4c3)nc3cccc[n+]32)cc1. The van der Waals surface area contributed by atoms with Crippen LogP contribution in [0.5, 0.6) is 0 Å². The second-order valence-corrected chi connectivity index (χ2v) is 8.62. The van der Waals surface area contributed by atoms with Crippen LogP contribution in [0, 0.1) is 0 Å². The molecule has 0 saturated carbocycles. The molecule has 0 saturated heterocycles. The molecule has 0 radical (unpaired) electrons. The molecule has 7 rings (SSSR count). The third kappa shape index (κ3) is 3.29. The highest BCUT2D eigenvalue weighted by atomic mass is 16.3. The number of fused-ring (bicyclic) bond motifs is 2. The fourth-order valence-corrected chi connectivity index (χ4v) is 4.81. The molecule has 0 bridgehead atoms. The highest BCUT2D eigenvalue weighted by Gasteiger charge is 2.27. The van der Waals surface area contributed by atoms with Crippen LogP contribution in [0.4, 0.5) is 0 Å². The molecule has 0 aliphatic rings. The molecular formula is C31H21N4O+. The van der Waals surface area contributed by atoms with Gasteiger partial charge in [-0.3, -0.25) is 0 Å². The highest BCUT2D eigenvalue weighted by molar-refractivity contribution is 5.87. The first kappa shape index (κ1) is 20.4. The van der Waals surface area contributed by atoms with Gasteiger partial charge in [0.1, 0.15) is 17.4 Å². The third-order valence-electron chi connectivity index (χ3n) is 6.46. The zero-order chi connectivity index (χ0) is 23.9. The summed E-state index contributed by atoms with van der Waals surface area (Å²) in [6, 6.07) is 39.6. The van der Waals surface area contributed by atoms with E-state index in [9.17, 15) is 0 Å². The Bertz CT molecular complexity index is 1780. The maximum absolute atomic E-state index is 5.49. The van der Waals surface area contributed by atoms with Gasteiger partial charge in [-0.15, -0.1) is 9.20 Å². The fourth-order valence-electron chi connectivity index (χ4n) is 4.81. The van der Waals surface area contributed by atoms with Gasteiger partial charge in [-0.2, -0.15) is 0 Å². The lowest BCUT2D eigenvalue weighted by molar-refractivity contribution is -0.597. The van der Waals surface area contributed by atoms with Crippen molar-refractivity contribution < 1.29 is 8.93 Å². The molecule has 5 heteroatoms. The smallest absolute Gasteiger partial charge is 0.349 e. The van der Waals surface area contributed by atoms with Crippen LogP contribution in [0.2, 0.25) is 0 Å². The zero-order valence-corrected chi connectivity index (χ0v) is 19.3. The summed E-state index contributed by atoms with van der Waals surface area (Å²) in [5.41, 5.74) is 8.95. The molecule has 0 unspecified atom stereocenters. The first-order chi connectivity index (χ1) is 17.9. The average molecular weight is 466 g/mol. The zero-order valence-electron chi connectivity index (χ0n) is 19.3. The third-order valence-corrected chi connectivity index (χ3v) is 6.46. The second-order valence-electron chi connectivity index (χ2n) is 8.62. The Balaban J connectivity index is 1.61. The molecule has 0 aliphatic carbocycles. The average Bonchev–Trinajstić information content (AvgIpc) is 3.58. The van der Waals surface area contributed by atoms with E-state index in [1.807, 2.05) is 48.5 Å². The number of para-hydroxylation sites is 1. The molecule has 4 aromatic carbocycles. The van der Waals surface area contributed by atoms with Crippen molar-refractivity contribution in [3.8, 4) is 39.3 Å². The van der Waals surface area contributed by atoms with Gasteiger partial charge in [0.25, 0.3) is 5.82 Å². The number of oxazole rings is 1. The summed E-state index contributed by atoms with van der Waals surface area (Å²) in [5.74, 6) is 0.826. The van der Waals surface area contributed by atoms with Gasteiger partial charge in [0.15, 0.2) is 12.0 Å². The second kappa shape index (κ2) is 8.32. The number of aromatic nitrogens is 4. The van der Waals surface area contributed by atoms with Crippen molar-refractivity contribution in [1.29, 1.82) is 0 Å². The van der Waals surface area contributed by atoms with Gasteiger partial charge in [0.05, 0.1) is 0 Å².